The molecule has 6 heteroatoms. The maximum absolute atomic E-state index is 6.06. The first-order valence-electron chi connectivity index (χ1n) is 4.95. The summed E-state index contributed by atoms with van der Waals surface area (Å²) in [5.74, 6) is 7.25. The molecule has 0 radical (unpaired) electrons. The number of nitrogens with zero attached hydrogens (tertiary/aromatic N) is 2. The maximum atomic E-state index is 6.06. The first-order valence-corrected chi connectivity index (χ1v) is 6.32. The van der Waals surface area contributed by atoms with Crippen LogP contribution in [0.25, 0.3) is 0 Å². The predicted molar refractivity (Wildman–Crippen MR) is 70.9 cm³/mol. The van der Waals surface area contributed by atoms with Crippen LogP contribution in [0.5, 0.6) is 0 Å². The van der Waals surface area contributed by atoms with Crippen LogP contribution in [0, 0.1) is 0 Å². The van der Waals surface area contributed by atoms with E-state index in [-0.39, 0.29) is 0 Å². The molecule has 1 aromatic heterocycles. The third kappa shape index (κ3) is 3.33. The Balaban J connectivity index is 2.05. The van der Waals surface area contributed by atoms with Gasteiger partial charge in [0.25, 0.3) is 0 Å². The van der Waals surface area contributed by atoms with Gasteiger partial charge in [-0.05, 0) is 12.1 Å². The standard InChI is InChI=1S/C11H11ClN4S/c12-8-3-1-2-4-9(8)17-7-11-14-6-5-10(15-11)16-13/h1-6H,7,13H2,(H,14,15,16). The molecule has 0 amide bonds. The molecule has 1 heterocycles. The Labute approximate surface area is 109 Å². The number of aromatic nitrogens is 2. The second-order valence-electron chi connectivity index (χ2n) is 3.22. The molecule has 0 spiro atoms. The Morgan fingerprint density at radius 2 is 2.12 bits per heavy atom. The van der Waals surface area contributed by atoms with Gasteiger partial charge in [0.05, 0.1) is 10.8 Å². The number of hydrogen-bond donors (Lipinski definition) is 2. The number of nitrogens with one attached hydrogen (secondary N) is 1. The van der Waals surface area contributed by atoms with Crippen LogP contribution in [0.4, 0.5) is 5.82 Å². The summed E-state index contributed by atoms with van der Waals surface area (Å²) in [6, 6.07) is 9.40. The Kier molecular flexibility index (Phi) is 4.19. The number of nitrogens with two attached hydrogens (primary N) is 1. The lowest BCUT2D eigenvalue weighted by Gasteiger charge is -2.04. The highest BCUT2D eigenvalue weighted by Gasteiger charge is 2.03. The number of hydrogen-bond acceptors (Lipinski definition) is 5. The largest absolute Gasteiger partial charge is 0.308 e. The van der Waals surface area contributed by atoms with Crippen LogP contribution >= 0.6 is 23.4 Å². The van der Waals surface area contributed by atoms with Gasteiger partial charge in [-0.15, -0.1) is 11.8 Å². The summed E-state index contributed by atoms with van der Waals surface area (Å²) >= 11 is 7.65. The van der Waals surface area contributed by atoms with Crippen molar-refractivity contribution in [3.8, 4) is 0 Å². The van der Waals surface area contributed by atoms with Gasteiger partial charge < -0.3 is 5.43 Å². The van der Waals surface area contributed by atoms with Crippen LogP contribution in [0.15, 0.2) is 41.4 Å². The molecule has 0 saturated heterocycles. The summed E-state index contributed by atoms with van der Waals surface area (Å²) in [7, 11) is 0. The van der Waals surface area contributed by atoms with E-state index in [9.17, 15) is 0 Å². The molecule has 1 aromatic carbocycles. The lowest BCUT2D eigenvalue weighted by molar-refractivity contribution is 1.03. The highest BCUT2D eigenvalue weighted by Crippen LogP contribution is 2.28. The van der Waals surface area contributed by atoms with Crippen LogP contribution in [-0.2, 0) is 5.75 Å². The van der Waals surface area contributed by atoms with Crippen LogP contribution < -0.4 is 11.3 Å². The molecule has 2 aromatic rings. The van der Waals surface area contributed by atoms with Gasteiger partial charge in [0.2, 0.25) is 0 Å². The highest BCUT2D eigenvalue weighted by atomic mass is 35.5. The molecule has 88 valence electrons. The van der Waals surface area contributed by atoms with Crippen molar-refractivity contribution < 1.29 is 0 Å². The minimum Gasteiger partial charge on any atom is -0.308 e. The monoisotopic (exact) mass is 266 g/mol. The predicted octanol–water partition coefficient (Wildman–Crippen LogP) is 2.71. The SMILES string of the molecule is NNc1ccnc(CSc2ccccc2Cl)n1. The fourth-order valence-electron chi connectivity index (χ4n) is 1.25. The minimum atomic E-state index is 0.606. The summed E-state index contributed by atoms with van der Waals surface area (Å²) < 4.78 is 0. The Morgan fingerprint density at radius 1 is 1.29 bits per heavy atom. The molecule has 3 N–H and O–H groups in total. The number of rotatable bonds is 4. The minimum absolute atomic E-state index is 0.606. The lowest BCUT2D eigenvalue weighted by Crippen LogP contribution is -2.09. The highest BCUT2D eigenvalue weighted by molar-refractivity contribution is 7.98. The van der Waals surface area contributed by atoms with Crippen molar-refractivity contribution in [1.82, 2.24) is 9.97 Å². The molecule has 4 nitrogen and oxygen atoms in total. The van der Waals surface area contributed by atoms with Crippen molar-refractivity contribution in [2.75, 3.05) is 5.43 Å². The van der Waals surface area contributed by atoms with E-state index in [0.717, 1.165) is 9.92 Å². The maximum Gasteiger partial charge on any atom is 0.143 e. The molecule has 0 aliphatic rings. The second-order valence-corrected chi connectivity index (χ2v) is 4.65. The van der Waals surface area contributed by atoms with Crippen molar-refractivity contribution in [2.45, 2.75) is 10.6 Å². The first kappa shape index (κ1) is 12.2. The molecule has 0 aliphatic heterocycles. The number of benzene rings is 1. The van der Waals surface area contributed by atoms with Crippen molar-refractivity contribution in [3.05, 3.63) is 47.4 Å². The number of thioether (sulfide) groups is 1. The van der Waals surface area contributed by atoms with E-state index >= 15 is 0 Å². The zero-order chi connectivity index (χ0) is 12.1. The van der Waals surface area contributed by atoms with E-state index in [0.29, 0.717) is 17.4 Å². The molecule has 17 heavy (non-hydrogen) atoms. The van der Waals surface area contributed by atoms with Crippen molar-refractivity contribution in [3.63, 3.8) is 0 Å². The molecule has 0 saturated carbocycles. The molecule has 0 atom stereocenters. The molecule has 0 fully saturated rings. The topological polar surface area (TPSA) is 63.8 Å². The Bertz CT molecular complexity index is 506. The van der Waals surface area contributed by atoms with Crippen molar-refractivity contribution in [1.29, 1.82) is 0 Å². The number of halogens is 1. The van der Waals surface area contributed by atoms with Gasteiger partial charge in [0.1, 0.15) is 11.6 Å². The van der Waals surface area contributed by atoms with Crippen LogP contribution in [0.2, 0.25) is 5.02 Å². The van der Waals surface area contributed by atoms with Crippen LogP contribution in [0.1, 0.15) is 5.82 Å². The van der Waals surface area contributed by atoms with E-state index in [1.807, 2.05) is 24.3 Å². The lowest BCUT2D eigenvalue weighted by atomic mass is 10.4. The summed E-state index contributed by atoms with van der Waals surface area (Å²) in [4.78, 5) is 9.40. The summed E-state index contributed by atoms with van der Waals surface area (Å²) in [5.41, 5.74) is 2.49. The fourth-order valence-corrected chi connectivity index (χ4v) is 2.36. The van der Waals surface area contributed by atoms with E-state index in [4.69, 9.17) is 17.4 Å². The van der Waals surface area contributed by atoms with Crippen molar-refractivity contribution >= 4 is 29.2 Å². The number of anilines is 1. The van der Waals surface area contributed by atoms with Gasteiger partial charge in [-0.3, -0.25) is 0 Å². The van der Waals surface area contributed by atoms with Crippen LogP contribution in [0.3, 0.4) is 0 Å². The molecular formula is C11H11ClN4S. The molecular weight excluding hydrogens is 256 g/mol. The average molecular weight is 267 g/mol. The molecule has 0 aliphatic carbocycles. The summed E-state index contributed by atoms with van der Waals surface area (Å²) in [5, 5.41) is 0.741. The van der Waals surface area contributed by atoms with Crippen molar-refractivity contribution in [2.24, 2.45) is 5.84 Å². The Hall–Kier alpha value is -1.30. The van der Waals surface area contributed by atoms with E-state index in [1.165, 1.54) is 0 Å². The third-order valence-corrected chi connectivity index (χ3v) is 3.56. The van der Waals surface area contributed by atoms with E-state index in [1.54, 1.807) is 24.0 Å². The summed E-state index contributed by atoms with van der Waals surface area (Å²) in [6.45, 7) is 0. The zero-order valence-corrected chi connectivity index (χ0v) is 10.5. The molecule has 2 rings (SSSR count). The van der Waals surface area contributed by atoms with E-state index in [2.05, 4.69) is 15.4 Å². The quantitative estimate of drug-likeness (QED) is 0.506. The zero-order valence-electron chi connectivity index (χ0n) is 8.93. The van der Waals surface area contributed by atoms with Gasteiger partial charge in [-0.1, -0.05) is 23.7 Å². The second kappa shape index (κ2) is 5.86. The number of nitrogen functional groups attached to an aromatic ring is 1. The van der Waals surface area contributed by atoms with Gasteiger partial charge in [0.15, 0.2) is 0 Å². The summed E-state index contributed by atoms with van der Waals surface area (Å²) in [6.07, 6.45) is 1.67. The van der Waals surface area contributed by atoms with Gasteiger partial charge >= 0.3 is 0 Å². The normalized spacial score (nSPS) is 10.2. The van der Waals surface area contributed by atoms with E-state index < -0.39 is 0 Å². The molecule has 0 unspecified atom stereocenters. The average Bonchev–Trinajstić information content (AvgIpc) is 2.38. The van der Waals surface area contributed by atoms with Gasteiger partial charge in [-0.25, -0.2) is 15.8 Å². The number of hydrazine groups is 1. The Morgan fingerprint density at radius 3 is 2.88 bits per heavy atom. The van der Waals surface area contributed by atoms with Crippen LogP contribution in [-0.4, -0.2) is 9.97 Å². The van der Waals surface area contributed by atoms with Gasteiger partial charge in [-0.2, -0.15) is 0 Å². The molecule has 0 bridgehead atoms. The third-order valence-electron chi connectivity index (χ3n) is 2.05. The fraction of sp³-hybridized carbons (Fsp3) is 0.0909. The smallest absolute Gasteiger partial charge is 0.143 e. The first-order chi connectivity index (χ1) is 8.29. The van der Waals surface area contributed by atoms with Gasteiger partial charge in [0, 0.05) is 17.2 Å².